The maximum absolute atomic E-state index is 13.3. The van der Waals surface area contributed by atoms with Crippen molar-refractivity contribution >= 4 is 40.9 Å². The summed E-state index contributed by atoms with van der Waals surface area (Å²) in [4.78, 5) is 27.2. The van der Waals surface area contributed by atoms with Gasteiger partial charge in [-0.2, -0.15) is 0 Å². The minimum absolute atomic E-state index is 0.0145. The van der Waals surface area contributed by atoms with Crippen LogP contribution in [0.5, 0.6) is 17.2 Å². The molecular formula is C23H24N2O5S. The van der Waals surface area contributed by atoms with E-state index in [1.807, 2.05) is 20.8 Å². The fourth-order valence-corrected chi connectivity index (χ4v) is 3.36. The Morgan fingerprint density at radius 1 is 1.13 bits per heavy atom. The molecule has 1 aliphatic rings. The molecule has 2 amide bonds. The van der Waals surface area contributed by atoms with Gasteiger partial charge in [0.15, 0.2) is 16.6 Å². The molecule has 1 saturated heterocycles. The first-order chi connectivity index (χ1) is 14.8. The lowest BCUT2D eigenvalue weighted by molar-refractivity contribution is -0.122. The van der Waals surface area contributed by atoms with Crippen molar-refractivity contribution in [2.45, 2.75) is 26.9 Å². The van der Waals surface area contributed by atoms with E-state index >= 15 is 0 Å². The second-order valence-corrected chi connectivity index (χ2v) is 7.32. The minimum atomic E-state index is -0.574. The summed E-state index contributed by atoms with van der Waals surface area (Å²) in [5.74, 6) is 0.527. The van der Waals surface area contributed by atoms with Crippen molar-refractivity contribution in [3.63, 3.8) is 0 Å². The number of rotatable bonds is 7. The van der Waals surface area contributed by atoms with Crippen LogP contribution >= 0.6 is 12.2 Å². The summed E-state index contributed by atoms with van der Waals surface area (Å²) >= 11 is 5.26. The Bertz CT molecular complexity index is 1030. The molecule has 7 nitrogen and oxygen atoms in total. The topological polar surface area (TPSA) is 77.1 Å². The Kier molecular flexibility index (Phi) is 6.91. The van der Waals surface area contributed by atoms with Crippen LogP contribution in [-0.4, -0.2) is 36.7 Å². The Hall–Kier alpha value is -3.39. The molecule has 0 spiro atoms. The third-order valence-electron chi connectivity index (χ3n) is 4.39. The molecule has 1 heterocycles. The van der Waals surface area contributed by atoms with E-state index in [2.05, 4.69) is 5.32 Å². The van der Waals surface area contributed by atoms with Gasteiger partial charge in [0.1, 0.15) is 11.3 Å². The van der Waals surface area contributed by atoms with Crippen molar-refractivity contribution in [1.29, 1.82) is 0 Å². The minimum Gasteiger partial charge on any atom is -0.494 e. The Balaban J connectivity index is 2.01. The zero-order chi connectivity index (χ0) is 22.5. The predicted molar refractivity (Wildman–Crippen MR) is 123 cm³/mol. The number of nitrogens with one attached hydrogen (secondary N) is 1. The molecule has 0 radical (unpaired) electrons. The Morgan fingerprint density at radius 2 is 1.84 bits per heavy atom. The summed E-state index contributed by atoms with van der Waals surface area (Å²) in [6, 6.07) is 12.2. The van der Waals surface area contributed by atoms with Crippen LogP contribution in [0.2, 0.25) is 0 Å². The van der Waals surface area contributed by atoms with Gasteiger partial charge >= 0.3 is 0 Å². The number of para-hydroxylation sites is 1. The molecule has 0 saturated carbocycles. The first-order valence-electron chi connectivity index (χ1n) is 9.83. The maximum Gasteiger partial charge on any atom is 0.270 e. The molecule has 3 rings (SSSR count). The van der Waals surface area contributed by atoms with Gasteiger partial charge in [-0.25, -0.2) is 0 Å². The molecule has 2 aromatic rings. The number of anilines is 1. The van der Waals surface area contributed by atoms with Crippen LogP contribution in [0.15, 0.2) is 48.0 Å². The van der Waals surface area contributed by atoms with E-state index in [9.17, 15) is 9.59 Å². The van der Waals surface area contributed by atoms with E-state index in [1.54, 1.807) is 42.5 Å². The summed E-state index contributed by atoms with van der Waals surface area (Å²) < 4.78 is 16.7. The number of benzene rings is 2. The molecule has 1 aliphatic heterocycles. The van der Waals surface area contributed by atoms with Crippen molar-refractivity contribution in [3.05, 3.63) is 53.6 Å². The van der Waals surface area contributed by atoms with Gasteiger partial charge in [-0.15, -0.1) is 0 Å². The smallest absolute Gasteiger partial charge is 0.270 e. The number of nitrogens with zero attached hydrogens (tertiary/aromatic N) is 1. The lowest BCUT2D eigenvalue weighted by Crippen LogP contribution is -2.54. The van der Waals surface area contributed by atoms with Gasteiger partial charge in [0.2, 0.25) is 0 Å². The van der Waals surface area contributed by atoms with Crippen LogP contribution < -0.4 is 24.4 Å². The van der Waals surface area contributed by atoms with Gasteiger partial charge in [0.05, 0.1) is 25.5 Å². The van der Waals surface area contributed by atoms with E-state index in [-0.39, 0.29) is 16.8 Å². The highest BCUT2D eigenvalue weighted by molar-refractivity contribution is 7.80. The molecule has 0 unspecified atom stereocenters. The summed E-state index contributed by atoms with van der Waals surface area (Å²) in [5, 5.41) is 2.60. The molecule has 31 heavy (non-hydrogen) atoms. The number of hydrogen-bond donors (Lipinski definition) is 1. The molecule has 0 aromatic heterocycles. The molecule has 2 aromatic carbocycles. The van der Waals surface area contributed by atoms with Gasteiger partial charge in [-0.05, 0) is 69.4 Å². The number of hydrogen-bond acceptors (Lipinski definition) is 6. The number of carbonyl (C=O) groups is 2. The van der Waals surface area contributed by atoms with Crippen LogP contribution in [0, 0.1) is 0 Å². The van der Waals surface area contributed by atoms with Crippen LogP contribution in [0.1, 0.15) is 26.3 Å². The van der Waals surface area contributed by atoms with Crippen molar-refractivity contribution in [2.75, 3.05) is 18.6 Å². The maximum atomic E-state index is 13.3. The number of amides is 2. The van der Waals surface area contributed by atoms with Gasteiger partial charge in [0.25, 0.3) is 11.8 Å². The summed E-state index contributed by atoms with van der Waals surface area (Å²) in [6.45, 7) is 6.19. The summed E-state index contributed by atoms with van der Waals surface area (Å²) in [6.07, 6.45) is 1.36. The second kappa shape index (κ2) is 9.61. The normalized spacial score (nSPS) is 15.3. The monoisotopic (exact) mass is 440 g/mol. The average Bonchev–Trinajstić information content (AvgIpc) is 2.73. The highest BCUT2D eigenvalue weighted by Crippen LogP contribution is 2.34. The highest BCUT2D eigenvalue weighted by atomic mass is 32.1. The van der Waals surface area contributed by atoms with Crippen LogP contribution in [0.3, 0.4) is 0 Å². The van der Waals surface area contributed by atoms with Crippen molar-refractivity contribution in [3.8, 4) is 17.2 Å². The SMILES string of the molecule is CCOc1ccc(N2C(=O)/C(=C/c3cccc(OC)c3OC(C)C)C(=O)NC2=S)cc1. The highest BCUT2D eigenvalue weighted by Gasteiger charge is 2.34. The van der Waals surface area contributed by atoms with Crippen molar-refractivity contribution in [1.82, 2.24) is 5.32 Å². The Morgan fingerprint density at radius 3 is 2.45 bits per heavy atom. The quantitative estimate of drug-likeness (QED) is 0.402. The first kappa shape index (κ1) is 22.3. The van der Waals surface area contributed by atoms with Crippen LogP contribution in [0.4, 0.5) is 5.69 Å². The van der Waals surface area contributed by atoms with E-state index in [4.69, 9.17) is 26.4 Å². The lowest BCUT2D eigenvalue weighted by Gasteiger charge is -2.29. The third kappa shape index (κ3) is 4.86. The molecule has 0 bridgehead atoms. The number of carbonyl (C=O) groups excluding carboxylic acids is 2. The van der Waals surface area contributed by atoms with Crippen LogP contribution in [-0.2, 0) is 9.59 Å². The van der Waals surface area contributed by atoms with E-state index in [1.165, 1.54) is 18.1 Å². The number of thiocarbonyl (C=S) groups is 1. The second-order valence-electron chi connectivity index (χ2n) is 6.93. The van der Waals surface area contributed by atoms with E-state index < -0.39 is 11.8 Å². The molecule has 1 N–H and O–H groups in total. The van der Waals surface area contributed by atoms with Crippen molar-refractivity contribution < 1.29 is 23.8 Å². The molecule has 0 aliphatic carbocycles. The number of ether oxygens (including phenoxy) is 3. The zero-order valence-electron chi connectivity index (χ0n) is 17.8. The molecular weight excluding hydrogens is 416 g/mol. The third-order valence-corrected chi connectivity index (χ3v) is 4.67. The first-order valence-corrected chi connectivity index (χ1v) is 10.2. The lowest BCUT2D eigenvalue weighted by atomic mass is 10.1. The van der Waals surface area contributed by atoms with Gasteiger partial charge in [-0.1, -0.05) is 12.1 Å². The van der Waals surface area contributed by atoms with E-state index in [0.29, 0.717) is 35.1 Å². The number of methoxy groups -OCH3 is 1. The predicted octanol–water partition coefficient (Wildman–Crippen LogP) is 3.71. The average molecular weight is 441 g/mol. The van der Waals surface area contributed by atoms with Gasteiger partial charge in [-0.3, -0.25) is 19.8 Å². The molecule has 162 valence electrons. The zero-order valence-corrected chi connectivity index (χ0v) is 18.6. The fraction of sp³-hybridized carbons (Fsp3) is 0.261. The fourth-order valence-electron chi connectivity index (χ4n) is 3.07. The van der Waals surface area contributed by atoms with Gasteiger partial charge < -0.3 is 14.2 Å². The van der Waals surface area contributed by atoms with Crippen LogP contribution in [0.25, 0.3) is 6.08 Å². The molecule has 0 atom stereocenters. The molecule has 1 fully saturated rings. The largest absolute Gasteiger partial charge is 0.494 e. The Labute approximate surface area is 186 Å². The van der Waals surface area contributed by atoms with E-state index in [0.717, 1.165) is 0 Å². The molecule has 8 heteroatoms. The summed E-state index contributed by atoms with van der Waals surface area (Å²) in [5.41, 5.74) is 1.00. The van der Waals surface area contributed by atoms with Crippen molar-refractivity contribution in [2.24, 2.45) is 0 Å². The van der Waals surface area contributed by atoms with Gasteiger partial charge in [0, 0.05) is 5.56 Å². The standard InChI is InChI=1S/C23H24N2O5S/c1-5-29-17-11-9-16(10-12-17)25-22(27)18(21(26)24-23(25)31)13-15-7-6-8-19(28-4)20(15)30-14(2)3/h6-14H,5H2,1-4H3,(H,24,26,31)/b18-13+. The summed E-state index contributed by atoms with van der Waals surface area (Å²) in [7, 11) is 1.53.